The van der Waals surface area contributed by atoms with Crippen LogP contribution < -0.4 is 15.1 Å². The number of nitrogens with zero attached hydrogens (tertiary/aromatic N) is 6. The van der Waals surface area contributed by atoms with Crippen LogP contribution >= 0.6 is 11.8 Å². The number of anilines is 4. The van der Waals surface area contributed by atoms with Gasteiger partial charge in [-0.15, -0.1) is 0 Å². The van der Waals surface area contributed by atoms with E-state index in [1.165, 1.54) is 17.5 Å². The number of hydrogen-bond donors (Lipinski definition) is 1. The third kappa shape index (κ3) is 6.64. The second-order valence-electron chi connectivity index (χ2n) is 11.6. The Labute approximate surface area is 227 Å². The number of aryl methyl sites for hydroxylation is 1. The molecule has 1 N–H and O–H groups in total. The van der Waals surface area contributed by atoms with Crippen molar-refractivity contribution >= 4 is 53.7 Å². The van der Waals surface area contributed by atoms with E-state index in [2.05, 4.69) is 97.7 Å². The molecule has 0 spiro atoms. The summed E-state index contributed by atoms with van der Waals surface area (Å²) in [7, 11) is 3.99. The maximum atomic E-state index is 5.06. The Morgan fingerprint density at radius 2 is 1.86 bits per heavy atom. The first-order valence-corrected chi connectivity index (χ1v) is 14.4. The second kappa shape index (κ2) is 11.4. The fourth-order valence-electron chi connectivity index (χ4n) is 5.00. The molecule has 2 aromatic rings. The Bertz CT molecular complexity index is 1130. The van der Waals surface area contributed by atoms with Crippen LogP contribution in [0.5, 0.6) is 0 Å². The quantitative estimate of drug-likeness (QED) is 0.417. The minimum atomic E-state index is 0.0595. The van der Waals surface area contributed by atoms with Gasteiger partial charge in [0.25, 0.3) is 0 Å². The lowest BCUT2D eigenvalue weighted by Crippen LogP contribution is -2.37. The standard InChI is InChI=1S/C29H43N7S/c1-19-9-10-21(29(3,4)5)18-24(19)32-27-25(35(7)8)26(30-6)33-28(34-27)36-15-12-22(13-16-36)37-23-11-14-31-20(2)17-23/h9-10,14,18,20,22-23H,6,11-13,15-17H2,1-5,7-8H3,(H,32,33,34). The monoisotopic (exact) mass is 521 g/mol. The Morgan fingerprint density at radius 1 is 1.14 bits per heavy atom. The lowest BCUT2D eigenvalue weighted by Gasteiger charge is -2.34. The Balaban J connectivity index is 1.56. The molecular weight excluding hydrogens is 478 g/mol. The first-order valence-electron chi connectivity index (χ1n) is 13.4. The molecule has 0 bridgehead atoms. The van der Waals surface area contributed by atoms with Crippen molar-refractivity contribution in [3.63, 3.8) is 0 Å². The van der Waals surface area contributed by atoms with Crippen LogP contribution in [-0.4, -0.2) is 66.6 Å². The van der Waals surface area contributed by atoms with Crippen LogP contribution in [0.3, 0.4) is 0 Å². The van der Waals surface area contributed by atoms with E-state index in [0.29, 0.717) is 22.4 Å². The van der Waals surface area contributed by atoms with Crippen molar-refractivity contribution < 1.29 is 0 Å². The number of aliphatic imine (C=N–C) groups is 2. The van der Waals surface area contributed by atoms with Crippen molar-refractivity contribution in [2.24, 2.45) is 9.98 Å². The molecule has 0 radical (unpaired) electrons. The van der Waals surface area contributed by atoms with Crippen molar-refractivity contribution in [2.75, 3.05) is 42.3 Å². The molecular formula is C29H43N7S. The molecule has 1 fully saturated rings. The van der Waals surface area contributed by atoms with Gasteiger partial charge >= 0.3 is 0 Å². The summed E-state index contributed by atoms with van der Waals surface area (Å²) in [5, 5.41) is 5.00. The van der Waals surface area contributed by atoms with Gasteiger partial charge < -0.3 is 15.1 Å². The number of thioether (sulfide) groups is 1. The number of hydrogen-bond acceptors (Lipinski definition) is 8. The Hall–Kier alpha value is -2.61. The van der Waals surface area contributed by atoms with Gasteiger partial charge in [0.2, 0.25) is 5.95 Å². The van der Waals surface area contributed by atoms with Crippen molar-refractivity contribution in [1.29, 1.82) is 0 Å². The highest BCUT2D eigenvalue weighted by Crippen LogP contribution is 2.39. The van der Waals surface area contributed by atoms with Crippen LogP contribution in [0.2, 0.25) is 0 Å². The molecule has 2 aliphatic heterocycles. The summed E-state index contributed by atoms with van der Waals surface area (Å²) >= 11 is 2.16. The highest BCUT2D eigenvalue weighted by Gasteiger charge is 2.27. The minimum Gasteiger partial charge on any atom is -0.372 e. The zero-order valence-electron chi connectivity index (χ0n) is 23.6. The average molecular weight is 522 g/mol. The van der Waals surface area contributed by atoms with Gasteiger partial charge in [0.1, 0.15) is 5.69 Å². The van der Waals surface area contributed by atoms with Crippen molar-refractivity contribution in [3.8, 4) is 0 Å². The largest absolute Gasteiger partial charge is 0.372 e. The lowest BCUT2D eigenvalue weighted by atomic mass is 9.86. The highest BCUT2D eigenvalue weighted by molar-refractivity contribution is 8.00. The zero-order chi connectivity index (χ0) is 26.7. The SMILES string of the molecule is C=Nc1nc(N2CCC(SC3CC=NC(C)C3)CC2)nc(Nc2cc(C(C)(C)C)ccc2C)c1N(C)C. The fraction of sp³-hybridized carbons (Fsp3) is 0.586. The molecule has 200 valence electrons. The van der Waals surface area contributed by atoms with E-state index in [4.69, 9.17) is 9.97 Å². The molecule has 2 unspecified atom stereocenters. The summed E-state index contributed by atoms with van der Waals surface area (Å²) in [4.78, 5) is 23.1. The molecule has 8 heteroatoms. The highest BCUT2D eigenvalue weighted by atomic mass is 32.2. The smallest absolute Gasteiger partial charge is 0.229 e. The van der Waals surface area contributed by atoms with Crippen LogP contribution in [0.4, 0.5) is 29.0 Å². The molecule has 37 heavy (non-hydrogen) atoms. The molecule has 2 aliphatic rings. The molecule has 4 rings (SSSR count). The summed E-state index contributed by atoms with van der Waals surface area (Å²) in [5.41, 5.74) is 4.41. The zero-order valence-corrected chi connectivity index (χ0v) is 24.4. The van der Waals surface area contributed by atoms with Gasteiger partial charge in [-0.1, -0.05) is 32.9 Å². The third-order valence-corrected chi connectivity index (χ3v) is 8.88. The van der Waals surface area contributed by atoms with Gasteiger partial charge in [-0.05, 0) is 68.9 Å². The predicted molar refractivity (Wildman–Crippen MR) is 163 cm³/mol. The minimum absolute atomic E-state index is 0.0595. The number of rotatable bonds is 7. The topological polar surface area (TPSA) is 69.0 Å². The average Bonchev–Trinajstić information content (AvgIpc) is 2.84. The molecule has 1 aromatic carbocycles. The summed E-state index contributed by atoms with van der Waals surface area (Å²) in [6.07, 6.45) is 6.69. The van der Waals surface area contributed by atoms with Gasteiger partial charge in [0.05, 0.1) is 0 Å². The van der Waals surface area contributed by atoms with E-state index in [9.17, 15) is 0 Å². The van der Waals surface area contributed by atoms with Gasteiger partial charge in [-0.2, -0.15) is 21.7 Å². The van der Waals surface area contributed by atoms with Gasteiger partial charge in [-0.25, -0.2) is 4.99 Å². The van der Waals surface area contributed by atoms with Crippen molar-refractivity contribution in [3.05, 3.63) is 29.3 Å². The van der Waals surface area contributed by atoms with Crippen LogP contribution in [-0.2, 0) is 5.41 Å². The molecule has 0 aliphatic carbocycles. The summed E-state index contributed by atoms with van der Waals surface area (Å²) in [6, 6.07) is 7.07. The van der Waals surface area contributed by atoms with E-state index in [-0.39, 0.29) is 5.41 Å². The Kier molecular flexibility index (Phi) is 8.46. The maximum absolute atomic E-state index is 5.06. The van der Waals surface area contributed by atoms with Crippen molar-refractivity contribution in [1.82, 2.24) is 9.97 Å². The van der Waals surface area contributed by atoms with Crippen LogP contribution in [0.25, 0.3) is 0 Å². The van der Waals surface area contributed by atoms with E-state index < -0.39 is 0 Å². The van der Waals surface area contributed by atoms with E-state index in [1.807, 2.05) is 19.0 Å². The molecule has 7 nitrogen and oxygen atoms in total. The second-order valence-corrected chi connectivity index (χ2v) is 13.2. The van der Waals surface area contributed by atoms with E-state index in [1.54, 1.807) is 0 Å². The van der Waals surface area contributed by atoms with Crippen molar-refractivity contribution in [2.45, 2.75) is 82.3 Å². The molecule has 1 saturated heterocycles. The summed E-state index contributed by atoms with van der Waals surface area (Å²) < 4.78 is 0. The van der Waals surface area contributed by atoms with Gasteiger partial charge in [0, 0.05) is 55.6 Å². The first kappa shape index (κ1) is 27.4. The summed E-state index contributed by atoms with van der Waals surface area (Å²) in [5.74, 6) is 2.09. The Morgan fingerprint density at radius 3 is 2.49 bits per heavy atom. The maximum Gasteiger partial charge on any atom is 0.229 e. The molecule has 2 atom stereocenters. The normalized spacial score (nSPS) is 20.7. The molecule has 0 amide bonds. The lowest BCUT2D eigenvalue weighted by molar-refractivity contribution is 0.572. The first-order chi connectivity index (χ1) is 17.5. The van der Waals surface area contributed by atoms with Crippen LogP contribution in [0, 0.1) is 6.92 Å². The van der Waals surface area contributed by atoms with E-state index >= 15 is 0 Å². The summed E-state index contributed by atoms with van der Waals surface area (Å²) in [6.45, 7) is 16.8. The van der Waals surface area contributed by atoms with Crippen LogP contribution in [0.15, 0.2) is 28.2 Å². The molecule has 1 aromatic heterocycles. The predicted octanol–water partition coefficient (Wildman–Crippen LogP) is 6.55. The van der Waals surface area contributed by atoms with E-state index in [0.717, 1.165) is 55.5 Å². The van der Waals surface area contributed by atoms with Gasteiger partial charge in [0.15, 0.2) is 11.6 Å². The van der Waals surface area contributed by atoms with Crippen LogP contribution in [0.1, 0.15) is 64.5 Å². The molecule has 3 heterocycles. The number of nitrogens with one attached hydrogen (secondary N) is 1. The molecule has 0 saturated carbocycles. The third-order valence-electron chi connectivity index (χ3n) is 7.25. The van der Waals surface area contributed by atoms with Gasteiger partial charge in [-0.3, -0.25) is 4.99 Å². The fourth-order valence-corrected chi connectivity index (χ4v) is 6.62. The number of piperidine rings is 1. The number of aromatic nitrogens is 2. The number of benzene rings is 1.